The Morgan fingerprint density at radius 2 is 2.12 bits per heavy atom. The van der Waals surface area contributed by atoms with E-state index in [9.17, 15) is 9.90 Å². The Hall–Kier alpha value is -0.570. The molecule has 3 rings (SSSR count). The van der Waals surface area contributed by atoms with Crippen LogP contribution in [0.25, 0.3) is 0 Å². The van der Waals surface area contributed by atoms with Crippen molar-refractivity contribution < 1.29 is 9.90 Å². The van der Waals surface area contributed by atoms with Crippen molar-refractivity contribution >= 4 is 5.91 Å². The number of likely N-dealkylation sites (tertiary alicyclic amines) is 1. The van der Waals surface area contributed by atoms with E-state index in [2.05, 4.69) is 0 Å². The highest BCUT2D eigenvalue weighted by Gasteiger charge is 2.49. The van der Waals surface area contributed by atoms with Gasteiger partial charge in [0.05, 0.1) is 18.7 Å². The van der Waals surface area contributed by atoms with E-state index in [1.807, 2.05) is 11.8 Å². The number of hydrogen-bond donors (Lipinski definition) is 1. The van der Waals surface area contributed by atoms with Crippen LogP contribution in [0.4, 0.5) is 0 Å². The Morgan fingerprint density at radius 1 is 1.38 bits per heavy atom. The van der Waals surface area contributed by atoms with Crippen LogP contribution in [0.3, 0.4) is 0 Å². The topological polar surface area (TPSA) is 40.5 Å². The van der Waals surface area contributed by atoms with Crippen LogP contribution in [0.2, 0.25) is 0 Å². The summed E-state index contributed by atoms with van der Waals surface area (Å²) in [5.41, 5.74) is -0.576. The van der Waals surface area contributed by atoms with E-state index in [-0.39, 0.29) is 0 Å². The number of β-amino-alcohol motifs (C(OH)–C–C–N with tert-alkyl or cyclic N) is 1. The van der Waals surface area contributed by atoms with E-state index in [0.717, 1.165) is 18.8 Å². The van der Waals surface area contributed by atoms with Crippen molar-refractivity contribution in [1.82, 2.24) is 4.90 Å². The van der Waals surface area contributed by atoms with Gasteiger partial charge >= 0.3 is 0 Å². The van der Waals surface area contributed by atoms with Gasteiger partial charge in [0.1, 0.15) is 0 Å². The van der Waals surface area contributed by atoms with Crippen molar-refractivity contribution in [2.45, 2.75) is 44.6 Å². The van der Waals surface area contributed by atoms with Gasteiger partial charge in [-0.25, -0.2) is 0 Å². The average molecular weight is 223 g/mol. The van der Waals surface area contributed by atoms with E-state index < -0.39 is 5.60 Å². The molecule has 0 spiro atoms. The number of carbonyl (C=O) groups is 1. The fourth-order valence-corrected chi connectivity index (χ4v) is 3.83. The molecule has 3 atom stereocenters. The molecule has 1 N–H and O–H groups in total. The van der Waals surface area contributed by atoms with Gasteiger partial charge in [-0.05, 0) is 37.5 Å². The Balaban J connectivity index is 1.59. The molecule has 1 amide bonds. The molecule has 2 bridgehead atoms. The summed E-state index contributed by atoms with van der Waals surface area (Å²) in [6.45, 7) is 3.12. The monoisotopic (exact) mass is 223 g/mol. The molecule has 0 aromatic carbocycles. The molecular formula is C13H21NO2. The van der Waals surface area contributed by atoms with E-state index >= 15 is 0 Å². The second-order valence-corrected chi connectivity index (χ2v) is 6.05. The van der Waals surface area contributed by atoms with Crippen LogP contribution >= 0.6 is 0 Å². The Bertz CT molecular complexity index is 309. The second-order valence-electron chi connectivity index (χ2n) is 6.05. The minimum atomic E-state index is -0.576. The molecule has 2 aliphatic carbocycles. The zero-order valence-electron chi connectivity index (χ0n) is 9.98. The largest absolute Gasteiger partial charge is 0.386 e. The molecule has 16 heavy (non-hydrogen) atoms. The highest BCUT2D eigenvalue weighted by molar-refractivity contribution is 5.80. The number of fused-ring (bicyclic) bond motifs is 2. The van der Waals surface area contributed by atoms with Gasteiger partial charge < -0.3 is 10.0 Å². The molecule has 90 valence electrons. The molecule has 0 aromatic rings. The first-order valence-electron chi connectivity index (χ1n) is 6.62. The van der Waals surface area contributed by atoms with Gasteiger partial charge in [-0.3, -0.25) is 4.79 Å². The standard InChI is InChI=1S/C13H21NO2/c1-2-13(16)7-14(8-13)12(15)11-6-9-3-4-10(11)5-9/h9-11,16H,2-8H2,1H3. The molecule has 0 radical (unpaired) electrons. The molecule has 1 aliphatic heterocycles. The van der Waals surface area contributed by atoms with E-state index in [1.54, 1.807) is 0 Å². The fourth-order valence-electron chi connectivity index (χ4n) is 3.83. The third kappa shape index (κ3) is 1.48. The SMILES string of the molecule is CCC1(O)CN(C(=O)C2CC3CCC2C3)C1. The second kappa shape index (κ2) is 3.46. The maximum atomic E-state index is 12.2. The van der Waals surface area contributed by atoms with Crippen molar-refractivity contribution in [3.8, 4) is 0 Å². The van der Waals surface area contributed by atoms with Gasteiger partial charge in [0.25, 0.3) is 0 Å². The molecule has 1 saturated heterocycles. The lowest BCUT2D eigenvalue weighted by Crippen LogP contribution is -2.64. The van der Waals surface area contributed by atoms with Gasteiger partial charge in [0.15, 0.2) is 0 Å². The minimum absolute atomic E-state index is 0.292. The van der Waals surface area contributed by atoms with E-state index in [4.69, 9.17) is 0 Å². The minimum Gasteiger partial charge on any atom is -0.386 e. The van der Waals surface area contributed by atoms with Crippen molar-refractivity contribution in [1.29, 1.82) is 0 Å². The first-order valence-corrected chi connectivity index (χ1v) is 6.62. The first kappa shape index (κ1) is 10.6. The normalized spacial score (nSPS) is 39.9. The Morgan fingerprint density at radius 3 is 2.62 bits per heavy atom. The molecule has 3 aliphatic rings. The van der Waals surface area contributed by atoms with Crippen LogP contribution in [0.1, 0.15) is 39.0 Å². The zero-order chi connectivity index (χ0) is 11.3. The maximum absolute atomic E-state index is 12.2. The lowest BCUT2D eigenvalue weighted by atomic mass is 9.84. The molecule has 3 heteroatoms. The molecule has 2 saturated carbocycles. The smallest absolute Gasteiger partial charge is 0.226 e. The number of carbonyl (C=O) groups excluding carboxylic acids is 1. The first-order chi connectivity index (χ1) is 7.61. The van der Waals surface area contributed by atoms with Gasteiger partial charge in [-0.1, -0.05) is 13.3 Å². The van der Waals surface area contributed by atoms with Crippen LogP contribution in [0.15, 0.2) is 0 Å². The van der Waals surface area contributed by atoms with Gasteiger partial charge in [0, 0.05) is 5.92 Å². The predicted octanol–water partition coefficient (Wildman–Crippen LogP) is 1.41. The number of aliphatic hydroxyl groups is 1. The third-order valence-corrected chi connectivity index (χ3v) is 5.00. The summed E-state index contributed by atoms with van der Waals surface area (Å²) < 4.78 is 0. The number of hydrogen-bond acceptors (Lipinski definition) is 2. The number of rotatable bonds is 2. The summed E-state index contributed by atoms with van der Waals surface area (Å²) in [5.74, 6) is 2.10. The van der Waals surface area contributed by atoms with E-state index in [1.165, 1.54) is 19.3 Å². The summed E-state index contributed by atoms with van der Waals surface area (Å²) in [6.07, 6.45) is 5.75. The third-order valence-electron chi connectivity index (χ3n) is 5.00. The van der Waals surface area contributed by atoms with Gasteiger partial charge in [-0.15, -0.1) is 0 Å². The average Bonchev–Trinajstić information content (AvgIpc) is 2.85. The van der Waals surface area contributed by atoms with Crippen LogP contribution in [0.5, 0.6) is 0 Å². The van der Waals surface area contributed by atoms with Crippen LogP contribution < -0.4 is 0 Å². The summed E-state index contributed by atoms with van der Waals surface area (Å²) in [6, 6.07) is 0. The van der Waals surface area contributed by atoms with Crippen LogP contribution in [-0.2, 0) is 4.79 Å². The summed E-state index contributed by atoms with van der Waals surface area (Å²) >= 11 is 0. The van der Waals surface area contributed by atoms with Crippen molar-refractivity contribution in [2.75, 3.05) is 13.1 Å². The summed E-state index contributed by atoms with van der Waals surface area (Å²) in [5, 5.41) is 9.92. The van der Waals surface area contributed by atoms with Crippen molar-refractivity contribution in [3.63, 3.8) is 0 Å². The highest BCUT2D eigenvalue weighted by atomic mass is 16.3. The van der Waals surface area contributed by atoms with Crippen molar-refractivity contribution in [3.05, 3.63) is 0 Å². The van der Waals surface area contributed by atoms with Crippen molar-refractivity contribution in [2.24, 2.45) is 17.8 Å². The molecule has 3 fully saturated rings. The van der Waals surface area contributed by atoms with Crippen LogP contribution in [-0.4, -0.2) is 34.6 Å². The highest BCUT2D eigenvalue weighted by Crippen LogP contribution is 2.49. The number of amides is 1. The number of nitrogens with zero attached hydrogens (tertiary/aromatic N) is 1. The lowest BCUT2D eigenvalue weighted by molar-refractivity contribution is -0.161. The molecular weight excluding hydrogens is 202 g/mol. The van der Waals surface area contributed by atoms with Gasteiger partial charge in [-0.2, -0.15) is 0 Å². The maximum Gasteiger partial charge on any atom is 0.226 e. The lowest BCUT2D eigenvalue weighted by Gasteiger charge is -2.47. The molecule has 0 aromatic heterocycles. The van der Waals surface area contributed by atoms with E-state index in [0.29, 0.717) is 30.8 Å². The summed E-state index contributed by atoms with van der Waals surface area (Å²) in [4.78, 5) is 14.1. The molecule has 3 unspecified atom stereocenters. The molecule has 3 nitrogen and oxygen atoms in total. The zero-order valence-corrected chi connectivity index (χ0v) is 9.98. The predicted molar refractivity (Wildman–Crippen MR) is 60.8 cm³/mol. The quantitative estimate of drug-likeness (QED) is 0.769. The van der Waals surface area contributed by atoms with Crippen LogP contribution in [0, 0.1) is 17.8 Å². The Kier molecular flexibility index (Phi) is 2.29. The molecule has 1 heterocycles. The fraction of sp³-hybridized carbons (Fsp3) is 0.923. The summed E-state index contributed by atoms with van der Waals surface area (Å²) in [7, 11) is 0. The Labute approximate surface area is 96.8 Å². The van der Waals surface area contributed by atoms with Gasteiger partial charge in [0.2, 0.25) is 5.91 Å².